The summed E-state index contributed by atoms with van der Waals surface area (Å²) in [5, 5.41) is 0. The third kappa shape index (κ3) is 28.6. The van der Waals surface area contributed by atoms with Crippen molar-refractivity contribution in [3.8, 4) is 0 Å². The Hall–Kier alpha value is 0.490. The second kappa shape index (κ2) is 19.5. The first-order chi connectivity index (χ1) is 10.5. The van der Waals surface area contributed by atoms with E-state index in [1.54, 1.807) is 0 Å². The summed E-state index contributed by atoms with van der Waals surface area (Å²) >= 11 is 4.30. The van der Waals surface area contributed by atoms with Gasteiger partial charge in [-0.05, 0) is 31.2 Å². The van der Waals surface area contributed by atoms with E-state index in [-0.39, 0.29) is 0 Å². The fourth-order valence-electron chi connectivity index (χ4n) is 1.99. The molecule has 0 amide bonds. The van der Waals surface area contributed by atoms with E-state index in [1.165, 1.54) is 64.2 Å². The Balaban J connectivity index is 0. The highest BCUT2D eigenvalue weighted by Gasteiger charge is 2.05. The van der Waals surface area contributed by atoms with Gasteiger partial charge in [0.05, 0.1) is 6.61 Å². The van der Waals surface area contributed by atoms with E-state index in [0.29, 0.717) is 6.61 Å². The van der Waals surface area contributed by atoms with Crippen LogP contribution in [0.3, 0.4) is 0 Å². The topological polar surface area (TPSA) is 75.7 Å². The van der Waals surface area contributed by atoms with Gasteiger partial charge in [0.1, 0.15) is 0 Å². The SMILES string of the molecule is CCCCCCCCN.CCCCCCCCOP(O)(O)=S. The molecule has 0 aromatic rings. The summed E-state index contributed by atoms with van der Waals surface area (Å²) in [5.74, 6) is 0. The number of unbranched alkanes of at least 4 members (excludes halogenated alkanes) is 10. The molecule has 0 heterocycles. The molecule has 0 aliphatic heterocycles. The molecule has 0 rings (SSSR count). The van der Waals surface area contributed by atoms with E-state index >= 15 is 0 Å². The van der Waals surface area contributed by atoms with Crippen LogP contribution in [0.5, 0.6) is 0 Å². The molecule has 0 atom stereocenters. The minimum atomic E-state index is -3.39. The molecule has 136 valence electrons. The molecule has 6 heteroatoms. The molecule has 0 spiro atoms. The molecule has 0 saturated heterocycles. The van der Waals surface area contributed by atoms with Crippen molar-refractivity contribution in [1.29, 1.82) is 0 Å². The zero-order chi connectivity index (χ0) is 17.1. The van der Waals surface area contributed by atoms with Crippen molar-refractivity contribution in [3.63, 3.8) is 0 Å². The zero-order valence-corrected chi connectivity index (χ0v) is 16.3. The monoisotopic (exact) mass is 355 g/mol. The fourth-order valence-corrected chi connectivity index (χ4v) is 2.58. The van der Waals surface area contributed by atoms with Crippen LogP contribution >= 0.6 is 6.72 Å². The largest absolute Gasteiger partial charge is 0.330 e. The van der Waals surface area contributed by atoms with Gasteiger partial charge in [-0.2, -0.15) is 0 Å². The molecule has 0 aromatic heterocycles. The molecule has 0 aliphatic carbocycles. The normalized spacial score (nSPS) is 11.1. The summed E-state index contributed by atoms with van der Waals surface area (Å²) in [7, 11) is 0. The number of hydrogen-bond acceptors (Lipinski definition) is 3. The molecule has 0 bridgehead atoms. The summed E-state index contributed by atoms with van der Waals surface area (Å²) in [4.78, 5) is 17.4. The Morgan fingerprint density at radius 3 is 1.59 bits per heavy atom. The number of rotatable bonds is 14. The van der Waals surface area contributed by atoms with Crippen LogP contribution < -0.4 is 5.73 Å². The Kier molecular flexibility index (Phi) is 22.0. The lowest BCUT2D eigenvalue weighted by molar-refractivity contribution is 0.245. The first-order valence-electron chi connectivity index (χ1n) is 8.88. The Morgan fingerprint density at radius 1 is 0.773 bits per heavy atom. The first kappa shape index (κ1) is 24.7. The second-order valence-electron chi connectivity index (χ2n) is 5.65. The third-order valence-electron chi connectivity index (χ3n) is 3.32. The van der Waals surface area contributed by atoms with Gasteiger partial charge in [-0.25, -0.2) is 0 Å². The van der Waals surface area contributed by atoms with Crippen LogP contribution in [0.2, 0.25) is 0 Å². The summed E-state index contributed by atoms with van der Waals surface area (Å²) < 4.78 is 4.67. The van der Waals surface area contributed by atoms with Crippen molar-refractivity contribution < 1.29 is 14.3 Å². The maximum Gasteiger partial charge on any atom is 0.321 e. The summed E-state index contributed by atoms with van der Waals surface area (Å²) in [5.41, 5.74) is 5.34. The molecule has 0 aromatic carbocycles. The van der Waals surface area contributed by atoms with Crippen molar-refractivity contribution in [2.75, 3.05) is 13.2 Å². The standard InChI is InChI=1S/C8H19N.C8H19O3PS/c1-2-3-4-5-6-7-8-9;1-2-3-4-5-6-7-8-11-12(9,10)13/h2-9H2,1H3;2-8H2,1H3,(H2,9,10,13). The lowest BCUT2D eigenvalue weighted by Crippen LogP contribution is -1.97. The highest BCUT2D eigenvalue weighted by molar-refractivity contribution is 8.06. The maximum atomic E-state index is 8.72. The quantitative estimate of drug-likeness (QED) is 0.306. The zero-order valence-electron chi connectivity index (χ0n) is 14.6. The van der Waals surface area contributed by atoms with Gasteiger partial charge in [0.15, 0.2) is 0 Å². The lowest BCUT2D eigenvalue weighted by Gasteiger charge is -2.07. The summed E-state index contributed by atoms with van der Waals surface area (Å²) in [6.45, 7) is 2.26. The van der Waals surface area contributed by atoms with Gasteiger partial charge in [-0.3, -0.25) is 0 Å². The second-order valence-corrected chi connectivity index (χ2v) is 8.31. The van der Waals surface area contributed by atoms with E-state index in [9.17, 15) is 0 Å². The molecule has 0 saturated carbocycles. The lowest BCUT2D eigenvalue weighted by atomic mass is 10.1. The summed E-state index contributed by atoms with van der Waals surface area (Å²) in [6.07, 6.45) is 15.0. The minimum Gasteiger partial charge on any atom is -0.330 e. The van der Waals surface area contributed by atoms with Gasteiger partial charge in [-0.15, -0.1) is 0 Å². The van der Waals surface area contributed by atoms with E-state index in [0.717, 1.165) is 19.4 Å². The van der Waals surface area contributed by atoms with Crippen LogP contribution in [0.25, 0.3) is 0 Å². The molecule has 4 N–H and O–H groups in total. The van der Waals surface area contributed by atoms with Gasteiger partial charge >= 0.3 is 6.72 Å². The average Bonchev–Trinajstić information content (AvgIpc) is 2.46. The van der Waals surface area contributed by atoms with Crippen molar-refractivity contribution in [3.05, 3.63) is 0 Å². The average molecular weight is 356 g/mol. The molecular weight excluding hydrogens is 317 g/mol. The smallest absolute Gasteiger partial charge is 0.321 e. The van der Waals surface area contributed by atoms with Gasteiger partial charge in [-0.1, -0.05) is 78.1 Å². The van der Waals surface area contributed by atoms with E-state index in [4.69, 9.17) is 15.5 Å². The molecule has 22 heavy (non-hydrogen) atoms. The first-order valence-corrected chi connectivity index (χ1v) is 11.5. The fraction of sp³-hybridized carbons (Fsp3) is 1.00. The van der Waals surface area contributed by atoms with Crippen molar-refractivity contribution in [2.24, 2.45) is 5.73 Å². The Morgan fingerprint density at radius 2 is 1.18 bits per heavy atom. The molecule has 0 aliphatic rings. The van der Waals surface area contributed by atoms with Crippen LogP contribution in [0.1, 0.15) is 90.9 Å². The van der Waals surface area contributed by atoms with Gasteiger partial charge < -0.3 is 20.0 Å². The minimum absolute atomic E-state index is 0.371. The van der Waals surface area contributed by atoms with Crippen LogP contribution in [0.15, 0.2) is 0 Å². The van der Waals surface area contributed by atoms with Crippen LogP contribution in [0.4, 0.5) is 0 Å². The van der Waals surface area contributed by atoms with Crippen LogP contribution in [-0.2, 0) is 16.3 Å². The third-order valence-corrected chi connectivity index (χ3v) is 4.15. The van der Waals surface area contributed by atoms with Gasteiger partial charge in [0.25, 0.3) is 0 Å². The van der Waals surface area contributed by atoms with Crippen molar-refractivity contribution in [2.45, 2.75) is 90.9 Å². The molecule has 0 unspecified atom stereocenters. The highest BCUT2D eigenvalue weighted by Crippen LogP contribution is 2.36. The molecule has 0 radical (unpaired) electrons. The van der Waals surface area contributed by atoms with Crippen molar-refractivity contribution in [1.82, 2.24) is 0 Å². The van der Waals surface area contributed by atoms with Crippen LogP contribution in [-0.4, -0.2) is 22.9 Å². The molecule has 4 nitrogen and oxygen atoms in total. The van der Waals surface area contributed by atoms with E-state index in [2.05, 4.69) is 30.2 Å². The van der Waals surface area contributed by atoms with Gasteiger partial charge in [0.2, 0.25) is 0 Å². The van der Waals surface area contributed by atoms with Gasteiger partial charge in [0, 0.05) is 0 Å². The summed E-state index contributed by atoms with van der Waals surface area (Å²) in [6, 6.07) is 0. The van der Waals surface area contributed by atoms with Crippen molar-refractivity contribution >= 4 is 18.5 Å². The maximum absolute atomic E-state index is 8.72. The number of nitrogens with two attached hydrogens (primary N) is 1. The van der Waals surface area contributed by atoms with Crippen LogP contribution in [0, 0.1) is 0 Å². The predicted molar refractivity (Wildman–Crippen MR) is 100 cm³/mol. The Labute approximate surface area is 143 Å². The predicted octanol–water partition coefficient (Wildman–Crippen LogP) is 4.88. The van der Waals surface area contributed by atoms with E-state index < -0.39 is 6.72 Å². The molecular formula is C16H38NO3PS. The Bertz CT molecular complexity index is 244. The number of hydrogen-bond donors (Lipinski definition) is 3. The highest BCUT2D eigenvalue weighted by atomic mass is 32.5. The molecule has 0 fully saturated rings. The van der Waals surface area contributed by atoms with E-state index in [1.807, 2.05) is 0 Å².